The van der Waals surface area contributed by atoms with E-state index in [1.54, 1.807) is 18.2 Å². The van der Waals surface area contributed by atoms with Crippen molar-refractivity contribution in [1.82, 2.24) is 0 Å². The molecule has 0 fully saturated rings. The summed E-state index contributed by atoms with van der Waals surface area (Å²) in [6.45, 7) is -0.520. The molecule has 2 N–H and O–H groups in total. The number of anilines is 1. The Labute approximate surface area is 124 Å². The molecule has 0 saturated heterocycles. The molecule has 0 bridgehead atoms. The normalized spacial score (nSPS) is 16.7. The number of nitrogens with zero attached hydrogens (tertiary/aromatic N) is 1. The first-order chi connectivity index (χ1) is 9.80. The number of thiocarbonyl (C=S) groups is 1. The summed E-state index contributed by atoms with van der Waals surface area (Å²) in [5.41, 5.74) is 5.48. The second-order valence-corrected chi connectivity index (χ2v) is 5.04. The summed E-state index contributed by atoms with van der Waals surface area (Å²) in [4.78, 5) is 12.4. The van der Waals surface area contributed by atoms with Crippen molar-refractivity contribution in [2.45, 2.75) is 12.6 Å². The zero-order chi connectivity index (χ0) is 15.6. The van der Waals surface area contributed by atoms with Gasteiger partial charge in [0.1, 0.15) is 11.7 Å². The van der Waals surface area contributed by atoms with Crippen LogP contribution in [0.1, 0.15) is 6.42 Å². The van der Waals surface area contributed by atoms with E-state index in [4.69, 9.17) is 10.5 Å². The molecule has 1 aliphatic rings. The van der Waals surface area contributed by atoms with Crippen molar-refractivity contribution < 1.29 is 22.7 Å². The van der Waals surface area contributed by atoms with E-state index in [1.807, 2.05) is 0 Å². The van der Waals surface area contributed by atoms with Crippen LogP contribution >= 0.6 is 12.2 Å². The van der Waals surface area contributed by atoms with Gasteiger partial charge in [0.15, 0.2) is 0 Å². The van der Waals surface area contributed by atoms with E-state index in [0.29, 0.717) is 11.4 Å². The molecule has 114 valence electrons. The topological polar surface area (TPSA) is 55.6 Å². The third-order valence-electron chi connectivity index (χ3n) is 3.13. The largest absolute Gasteiger partial charge is 0.491 e. The Morgan fingerprint density at radius 1 is 1.43 bits per heavy atom. The van der Waals surface area contributed by atoms with E-state index in [9.17, 15) is 18.0 Å². The molecule has 1 atom stereocenters. The van der Waals surface area contributed by atoms with Gasteiger partial charge in [0.25, 0.3) is 0 Å². The number of ether oxygens (including phenoxy) is 1. The van der Waals surface area contributed by atoms with E-state index in [1.165, 1.54) is 6.07 Å². The van der Waals surface area contributed by atoms with Crippen LogP contribution in [0.15, 0.2) is 24.3 Å². The van der Waals surface area contributed by atoms with Gasteiger partial charge in [-0.05, 0) is 12.1 Å². The van der Waals surface area contributed by atoms with Gasteiger partial charge in [-0.1, -0.05) is 24.4 Å². The molecule has 1 aromatic carbocycles. The Morgan fingerprint density at radius 3 is 2.71 bits per heavy atom. The maximum Gasteiger partial charge on any atom is 0.399 e. The molecular weight excluding hydrogens is 305 g/mol. The highest BCUT2D eigenvalue weighted by Gasteiger charge is 2.44. The summed E-state index contributed by atoms with van der Waals surface area (Å²) in [5, 5.41) is 0. The maximum atomic E-state index is 13.0. The molecule has 4 nitrogen and oxygen atoms in total. The van der Waals surface area contributed by atoms with Gasteiger partial charge in [0, 0.05) is 6.54 Å². The van der Waals surface area contributed by atoms with Crippen LogP contribution in [0, 0.1) is 5.92 Å². The van der Waals surface area contributed by atoms with Crippen LogP contribution in [-0.4, -0.2) is 30.2 Å². The van der Waals surface area contributed by atoms with Crippen LogP contribution in [0.5, 0.6) is 5.75 Å². The Kier molecular flexibility index (Phi) is 4.36. The average molecular weight is 318 g/mol. The fourth-order valence-corrected chi connectivity index (χ4v) is 2.27. The van der Waals surface area contributed by atoms with Crippen molar-refractivity contribution >= 4 is 28.8 Å². The molecule has 0 spiro atoms. The van der Waals surface area contributed by atoms with Crippen LogP contribution in [0.25, 0.3) is 0 Å². The van der Waals surface area contributed by atoms with Crippen LogP contribution in [0.3, 0.4) is 0 Å². The van der Waals surface area contributed by atoms with E-state index in [2.05, 4.69) is 12.2 Å². The van der Waals surface area contributed by atoms with Gasteiger partial charge in [-0.2, -0.15) is 13.2 Å². The molecule has 0 aromatic heterocycles. The van der Waals surface area contributed by atoms with Crippen molar-refractivity contribution in [3.8, 4) is 5.75 Å². The number of rotatable bonds is 3. The van der Waals surface area contributed by atoms with Gasteiger partial charge in [0.2, 0.25) is 5.91 Å². The minimum atomic E-state index is -4.60. The maximum absolute atomic E-state index is 13.0. The summed E-state index contributed by atoms with van der Waals surface area (Å²) in [7, 11) is 0. The highest BCUT2D eigenvalue weighted by Crippen LogP contribution is 2.34. The van der Waals surface area contributed by atoms with Gasteiger partial charge in [0.05, 0.1) is 23.7 Å². The minimum absolute atomic E-state index is 0.00338. The van der Waals surface area contributed by atoms with Crippen molar-refractivity contribution in [1.29, 1.82) is 0 Å². The fraction of sp³-hybridized carbons (Fsp3) is 0.385. The lowest BCUT2D eigenvalue weighted by Crippen LogP contribution is -2.45. The molecule has 0 aliphatic carbocycles. The number of benzene rings is 1. The average Bonchev–Trinajstić information content (AvgIpc) is 2.53. The first-order valence-corrected chi connectivity index (χ1v) is 6.59. The standard InChI is InChI=1S/C13H13F3N2O2S/c14-13(15,16)8(12(17)21)7-18-9-3-1-2-4-10(9)20-6-5-11(18)19/h1-4,8H,5-7H2,(H2,17,21). The molecule has 21 heavy (non-hydrogen) atoms. The van der Waals surface area contributed by atoms with E-state index in [-0.39, 0.29) is 13.0 Å². The Morgan fingerprint density at radius 2 is 2.10 bits per heavy atom. The third-order valence-corrected chi connectivity index (χ3v) is 3.42. The van der Waals surface area contributed by atoms with E-state index in [0.717, 1.165) is 4.90 Å². The first kappa shape index (κ1) is 15.6. The van der Waals surface area contributed by atoms with Crippen LogP contribution in [-0.2, 0) is 4.79 Å². The lowest BCUT2D eigenvalue weighted by atomic mass is 10.1. The quantitative estimate of drug-likeness (QED) is 0.869. The monoisotopic (exact) mass is 318 g/mol. The molecule has 1 unspecified atom stereocenters. The molecular formula is C13H13F3N2O2S. The molecule has 1 amide bonds. The highest BCUT2D eigenvalue weighted by molar-refractivity contribution is 7.80. The van der Waals surface area contributed by atoms with Gasteiger partial charge < -0.3 is 15.4 Å². The van der Waals surface area contributed by atoms with Crippen molar-refractivity contribution in [2.24, 2.45) is 11.7 Å². The number of carbonyl (C=O) groups is 1. The molecule has 8 heteroatoms. The molecule has 1 aromatic rings. The summed E-state index contributed by atoms with van der Waals surface area (Å²) in [6, 6.07) is 6.44. The number of alkyl halides is 3. The molecule has 0 radical (unpaired) electrons. The number of hydrogen-bond acceptors (Lipinski definition) is 3. The van der Waals surface area contributed by atoms with E-state index < -0.39 is 29.5 Å². The Hall–Kier alpha value is -1.83. The third kappa shape index (κ3) is 3.44. The number of carbonyl (C=O) groups excluding carboxylic acids is 1. The zero-order valence-electron chi connectivity index (χ0n) is 10.9. The number of hydrogen-bond donors (Lipinski definition) is 1. The SMILES string of the molecule is NC(=S)C(CN1C(=O)CCOc2ccccc21)C(F)(F)F. The van der Waals surface area contributed by atoms with E-state index >= 15 is 0 Å². The van der Waals surface area contributed by atoms with Crippen molar-refractivity contribution in [3.63, 3.8) is 0 Å². The molecule has 1 heterocycles. The fourth-order valence-electron chi connectivity index (χ4n) is 2.06. The number of para-hydroxylation sites is 2. The number of nitrogens with two attached hydrogens (primary N) is 1. The Bertz CT molecular complexity index is 563. The second-order valence-electron chi connectivity index (χ2n) is 4.57. The number of halogens is 3. The Balaban J connectivity index is 2.36. The second kappa shape index (κ2) is 5.88. The first-order valence-electron chi connectivity index (χ1n) is 6.19. The summed E-state index contributed by atoms with van der Waals surface area (Å²) < 4.78 is 44.4. The van der Waals surface area contributed by atoms with Crippen molar-refractivity contribution in [2.75, 3.05) is 18.1 Å². The molecule has 1 aliphatic heterocycles. The number of amides is 1. The lowest BCUT2D eigenvalue weighted by Gasteiger charge is -2.27. The molecule has 2 rings (SSSR count). The summed E-state index contributed by atoms with van der Waals surface area (Å²) in [6.07, 6.45) is -4.61. The van der Waals surface area contributed by atoms with Gasteiger partial charge in [-0.15, -0.1) is 0 Å². The van der Waals surface area contributed by atoms with Crippen molar-refractivity contribution in [3.05, 3.63) is 24.3 Å². The van der Waals surface area contributed by atoms with Gasteiger partial charge >= 0.3 is 6.18 Å². The zero-order valence-corrected chi connectivity index (χ0v) is 11.7. The summed E-state index contributed by atoms with van der Waals surface area (Å²) in [5.74, 6) is -2.14. The molecule has 0 saturated carbocycles. The predicted molar refractivity (Wildman–Crippen MR) is 75.2 cm³/mol. The van der Waals surface area contributed by atoms with Gasteiger partial charge in [-0.25, -0.2) is 0 Å². The summed E-state index contributed by atoms with van der Waals surface area (Å²) >= 11 is 4.49. The lowest BCUT2D eigenvalue weighted by molar-refractivity contribution is -0.153. The van der Waals surface area contributed by atoms with Crippen LogP contribution in [0.4, 0.5) is 18.9 Å². The highest BCUT2D eigenvalue weighted by atomic mass is 32.1. The van der Waals surface area contributed by atoms with Crippen LogP contribution in [0.2, 0.25) is 0 Å². The minimum Gasteiger partial charge on any atom is -0.491 e. The predicted octanol–water partition coefficient (Wildman–Crippen LogP) is 2.27. The van der Waals surface area contributed by atoms with Gasteiger partial charge in [-0.3, -0.25) is 4.79 Å². The smallest absolute Gasteiger partial charge is 0.399 e. The van der Waals surface area contributed by atoms with Crippen LogP contribution < -0.4 is 15.4 Å². The number of fused-ring (bicyclic) bond motifs is 1.